The van der Waals surface area contributed by atoms with Crippen LogP contribution in [0.25, 0.3) is 0 Å². The minimum absolute atomic E-state index is 0.0563. The van der Waals surface area contributed by atoms with Crippen LogP contribution in [0.3, 0.4) is 0 Å². The number of hydrogen-bond acceptors (Lipinski definition) is 1. The topological polar surface area (TPSA) is 20.2 Å². The molecule has 0 fully saturated rings. The number of halogens is 1. The Morgan fingerprint density at radius 3 is 2.40 bits per heavy atom. The summed E-state index contributed by atoms with van der Waals surface area (Å²) in [5, 5.41) is 9.50. The number of rotatable bonds is 5. The van der Waals surface area contributed by atoms with E-state index in [1.165, 1.54) is 5.56 Å². The second-order valence-electron chi connectivity index (χ2n) is 4.17. The lowest BCUT2D eigenvalue weighted by Crippen LogP contribution is -2.26. The zero-order valence-corrected chi connectivity index (χ0v) is 11.0. The fourth-order valence-corrected chi connectivity index (χ4v) is 2.31. The van der Waals surface area contributed by atoms with E-state index in [2.05, 4.69) is 41.9 Å². The lowest BCUT2D eigenvalue weighted by Gasteiger charge is -2.29. The molecule has 0 bridgehead atoms. The van der Waals surface area contributed by atoms with Crippen LogP contribution in [-0.2, 0) is 6.42 Å². The van der Waals surface area contributed by atoms with Crippen LogP contribution in [0.15, 0.2) is 28.7 Å². The van der Waals surface area contributed by atoms with Gasteiger partial charge in [0.05, 0.1) is 0 Å². The molecular weight excluding hydrogens is 252 g/mol. The van der Waals surface area contributed by atoms with Gasteiger partial charge in [-0.05, 0) is 42.4 Å². The molecule has 0 aliphatic rings. The maximum absolute atomic E-state index is 9.50. The molecule has 0 amide bonds. The summed E-state index contributed by atoms with van der Waals surface area (Å²) in [6.07, 6.45) is 3.00. The molecule has 84 valence electrons. The quantitative estimate of drug-likeness (QED) is 0.863. The van der Waals surface area contributed by atoms with Gasteiger partial charge in [0.1, 0.15) is 0 Å². The van der Waals surface area contributed by atoms with Gasteiger partial charge in [-0.3, -0.25) is 0 Å². The van der Waals surface area contributed by atoms with Crippen molar-refractivity contribution >= 4 is 15.9 Å². The Balaban J connectivity index is 2.82. The summed E-state index contributed by atoms with van der Waals surface area (Å²) >= 11 is 3.47. The van der Waals surface area contributed by atoms with Gasteiger partial charge in [0.15, 0.2) is 0 Å². The van der Waals surface area contributed by atoms with Crippen LogP contribution < -0.4 is 0 Å². The molecule has 0 atom stereocenters. The number of aliphatic hydroxyl groups excluding tert-OH is 1. The van der Waals surface area contributed by atoms with Gasteiger partial charge in [-0.1, -0.05) is 41.9 Å². The van der Waals surface area contributed by atoms with Crippen molar-refractivity contribution in [1.82, 2.24) is 0 Å². The van der Waals surface area contributed by atoms with Crippen LogP contribution in [0.1, 0.15) is 32.3 Å². The maximum atomic E-state index is 9.50. The smallest absolute Gasteiger partial charge is 0.0490 e. The summed E-state index contributed by atoms with van der Waals surface area (Å²) < 4.78 is 1.11. The molecule has 0 heterocycles. The zero-order chi connectivity index (χ0) is 11.3. The van der Waals surface area contributed by atoms with Gasteiger partial charge < -0.3 is 5.11 Å². The maximum Gasteiger partial charge on any atom is 0.0490 e. The minimum atomic E-state index is 0.0563. The van der Waals surface area contributed by atoms with Crippen molar-refractivity contribution in [1.29, 1.82) is 0 Å². The van der Waals surface area contributed by atoms with E-state index in [9.17, 15) is 5.11 Å². The highest BCUT2D eigenvalue weighted by molar-refractivity contribution is 9.10. The largest absolute Gasteiger partial charge is 0.396 e. The first-order valence-electron chi connectivity index (χ1n) is 5.51. The van der Waals surface area contributed by atoms with E-state index in [1.807, 2.05) is 12.1 Å². The monoisotopic (exact) mass is 270 g/mol. The van der Waals surface area contributed by atoms with Gasteiger partial charge in [-0.15, -0.1) is 0 Å². The van der Waals surface area contributed by atoms with Crippen molar-refractivity contribution in [2.24, 2.45) is 5.41 Å². The Bertz CT molecular complexity index is 297. The third kappa shape index (κ3) is 3.32. The average molecular weight is 271 g/mol. The third-order valence-electron chi connectivity index (χ3n) is 3.30. The van der Waals surface area contributed by atoms with Gasteiger partial charge in [0, 0.05) is 11.1 Å². The van der Waals surface area contributed by atoms with Crippen LogP contribution in [0.2, 0.25) is 0 Å². The van der Waals surface area contributed by atoms with Crippen molar-refractivity contribution in [3.05, 3.63) is 34.3 Å². The molecule has 2 heteroatoms. The van der Waals surface area contributed by atoms with Crippen LogP contribution in [0.4, 0.5) is 0 Å². The van der Waals surface area contributed by atoms with E-state index in [4.69, 9.17) is 0 Å². The highest BCUT2D eigenvalue weighted by Crippen LogP contribution is 2.30. The Hall–Kier alpha value is -0.340. The fourth-order valence-electron chi connectivity index (χ4n) is 1.86. The highest BCUT2D eigenvalue weighted by atomic mass is 79.9. The van der Waals surface area contributed by atoms with E-state index < -0.39 is 0 Å². The summed E-state index contributed by atoms with van der Waals surface area (Å²) in [7, 11) is 0. The van der Waals surface area contributed by atoms with Crippen molar-refractivity contribution in [3.8, 4) is 0 Å². The van der Waals surface area contributed by atoms with Gasteiger partial charge in [-0.2, -0.15) is 0 Å². The summed E-state index contributed by atoms with van der Waals surface area (Å²) in [6, 6.07) is 8.34. The Kier molecular flexibility index (Phi) is 4.81. The van der Waals surface area contributed by atoms with Crippen LogP contribution in [0, 0.1) is 5.41 Å². The molecule has 15 heavy (non-hydrogen) atoms. The summed E-state index contributed by atoms with van der Waals surface area (Å²) in [5.41, 5.74) is 1.35. The van der Waals surface area contributed by atoms with E-state index in [-0.39, 0.29) is 12.0 Å². The molecule has 0 unspecified atom stereocenters. The molecule has 0 saturated heterocycles. The molecule has 0 aliphatic heterocycles. The van der Waals surface area contributed by atoms with Crippen LogP contribution >= 0.6 is 15.9 Å². The molecule has 0 saturated carbocycles. The second kappa shape index (κ2) is 5.66. The molecule has 0 aromatic heterocycles. The predicted octanol–water partition coefficient (Wildman–Crippen LogP) is 3.79. The van der Waals surface area contributed by atoms with E-state index >= 15 is 0 Å². The average Bonchev–Trinajstić information content (AvgIpc) is 2.26. The van der Waals surface area contributed by atoms with Gasteiger partial charge in [0.2, 0.25) is 0 Å². The van der Waals surface area contributed by atoms with Crippen molar-refractivity contribution in [2.75, 3.05) is 6.61 Å². The predicted molar refractivity (Wildman–Crippen MR) is 67.9 cm³/mol. The zero-order valence-electron chi connectivity index (χ0n) is 9.46. The number of benzene rings is 1. The van der Waals surface area contributed by atoms with Crippen LogP contribution in [0.5, 0.6) is 0 Å². The minimum Gasteiger partial charge on any atom is -0.396 e. The Labute approximate surface area is 101 Å². The standard InChI is InChI=1S/C13H19BrO/c1-3-13(4-2,10-15)9-11-6-5-7-12(14)8-11/h5-8,15H,3-4,9-10H2,1-2H3. The van der Waals surface area contributed by atoms with Crippen LogP contribution in [-0.4, -0.2) is 11.7 Å². The van der Waals surface area contributed by atoms with Gasteiger partial charge in [-0.25, -0.2) is 0 Å². The first-order chi connectivity index (χ1) is 7.15. The lowest BCUT2D eigenvalue weighted by atomic mass is 9.78. The van der Waals surface area contributed by atoms with E-state index in [0.29, 0.717) is 0 Å². The molecule has 1 nitrogen and oxygen atoms in total. The summed E-state index contributed by atoms with van der Waals surface area (Å²) in [4.78, 5) is 0. The highest BCUT2D eigenvalue weighted by Gasteiger charge is 2.25. The molecule has 0 radical (unpaired) electrons. The molecular formula is C13H19BrO. The first-order valence-corrected chi connectivity index (χ1v) is 6.30. The molecule has 1 rings (SSSR count). The molecule has 1 aromatic rings. The van der Waals surface area contributed by atoms with E-state index in [1.54, 1.807) is 0 Å². The molecule has 1 N–H and O–H groups in total. The third-order valence-corrected chi connectivity index (χ3v) is 3.80. The molecule has 0 spiro atoms. The summed E-state index contributed by atoms with van der Waals surface area (Å²) in [6.45, 7) is 4.57. The Morgan fingerprint density at radius 1 is 1.27 bits per heavy atom. The normalized spacial score (nSPS) is 11.7. The van der Waals surface area contributed by atoms with Crippen molar-refractivity contribution in [2.45, 2.75) is 33.1 Å². The van der Waals surface area contributed by atoms with E-state index in [0.717, 1.165) is 23.7 Å². The van der Waals surface area contributed by atoms with Gasteiger partial charge in [0.25, 0.3) is 0 Å². The number of aliphatic hydroxyl groups is 1. The van der Waals surface area contributed by atoms with Crippen molar-refractivity contribution in [3.63, 3.8) is 0 Å². The number of hydrogen-bond donors (Lipinski definition) is 1. The van der Waals surface area contributed by atoms with Crippen molar-refractivity contribution < 1.29 is 5.11 Å². The summed E-state index contributed by atoms with van der Waals surface area (Å²) in [5.74, 6) is 0. The van der Waals surface area contributed by atoms with Gasteiger partial charge >= 0.3 is 0 Å². The molecule has 1 aromatic carbocycles. The Morgan fingerprint density at radius 2 is 1.93 bits per heavy atom. The SMILES string of the molecule is CCC(CC)(CO)Cc1cccc(Br)c1. The lowest BCUT2D eigenvalue weighted by molar-refractivity contribution is 0.115. The first kappa shape index (κ1) is 12.7. The molecule has 0 aliphatic carbocycles. The fraction of sp³-hybridized carbons (Fsp3) is 0.538. The second-order valence-corrected chi connectivity index (χ2v) is 5.09.